The molecule has 5 nitrogen and oxygen atoms in total. The number of anilines is 2. The monoisotopic (exact) mass is 304 g/mol. The van der Waals surface area contributed by atoms with Crippen molar-refractivity contribution in [1.82, 2.24) is 15.3 Å². The fraction of sp³-hybridized carbons (Fsp3) is 0.267. The molecule has 2 rings (SSSR count). The maximum Gasteiger partial charge on any atom is 0.271 e. The van der Waals surface area contributed by atoms with Gasteiger partial charge in [-0.1, -0.05) is 37.6 Å². The van der Waals surface area contributed by atoms with Crippen molar-refractivity contribution >= 4 is 29.0 Å². The average Bonchev–Trinajstić information content (AvgIpc) is 2.48. The summed E-state index contributed by atoms with van der Waals surface area (Å²) in [5.74, 6) is 0.701. The van der Waals surface area contributed by atoms with E-state index in [1.165, 1.54) is 12.4 Å². The lowest BCUT2D eigenvalue weighted by Crippen LogP contribution is -2.28. The van der Waals surface area contributed by atoms with Crippen molar-refractivity contribution < 1.29 is 4.79 Å². The van der Waals surface area contributed by atoms with E-state index >= 15 is 0 Å². The Balaban J connectivity index is 2.02. The Morgan fingerprint density at radius 2 is 2.00 bits per heavy atom. The SMILES string of the molecule is CC(C)CNC(=O)c1cnc(Nc2ccccc2Cl)cn1. The minimum absolute atomic E-state index is 0.222. The van der Waals surface area contributed by atoms with Gasteiger partial charge < -0.3 is 10.6 Å². The summed E-state index contributed by atoms with van der Waals surface area (Å²) in [4.78, 5) is 20.1. The van der Waals surface area contributed by atoms with Gasteiger partial charge in [0.2, 0.25) is 0 Å². The Morgan fingerprint density at radius 3 is 2.62 bits per heavy atom. The van der Waals surface area contributed by atoms with Gasteiger partial charge in [-0.05, 0) is 18.1 Å². The van der Waals surface area contributed by atoms with Crippen LogP contribution in [-0.2, 0) is 0 Å². The number of para-hydroxylation sites is 1. The number of benzene rings is 1. The van der Waals surface area contributed by atoms with Crippen molar-refractivity contribution in [2.24, 2.45) is 5.92 Å². The molecule has 1 heterocycles. The first kappa shape index (κ1) is 15.3. The summed E-state index contributed by atoms with van der Waals surface area (Å²) in [7, 11) is 0. The Morgan fingerprint density at radius 1 is 1.24 bits per heavy atom. The van der Waals surface area contributed by atoms with Crippen LogP contribution in [0, 0.1) is 5.92 Å². The van der Waals surface area contributed by atoms with Gasteiger partial charge in [0.05, 0.1) is 23.1 Å². The minimum atomic E-state index is -0.222. The summed E-state index contributed by atoms with van der Waals surface area (Å²) >= 11 is 6.05. The summed E-state index contributed by atoms with van der Waals surface area (Å²) < 4.78 is 0. The van der Waals surface area contributed by atoms with Crippen molar-refractivity contribution in [1.29, 1.82) is 0 Å². The number of nitrogens with one attached hydrogen (secondary N) is 2. The molecule has 21 heavy (non-hydrogen) atoms. The second-order valence-electron chi connectivity index (χ2n) is 5.00. The number of hydrogen-bond donors (Lipinski definition) is 2. The third kappa shape index (κ3) is 4.43. The van der Waals surface area contributed by atoms with Gasteiger partial charge in [0.1, 0.15) is 11.5 Å². The zero-order chi connectivity index (χ0) is 15.2. The van der Waals surface area contributed by atoms with E-state index in [2.05, 4.69) is 20.6 Å². The Bertz CT molecular complexity index is 613. The highest BCUT2D eigenvalue weighted by molar-refractivity contribution is 6.33. The van der Waals surface area contributed by atoms with E-state index in [0.717, 1.165) is 5.69 Å². The molecule has 6 heteroatoms. The first-order valence-electron chi connectivity index (χ1n) is 6.68. The zero-order valence-electron chi connectivity index (χ0n) is 11.9. The van der Waals surface area contributed by atoms with Crippen LogP contribution in [-0.4, -0.2) is 22.4 Å². The van der Waals surface area contributed by atoms with Crippen molar-refractivity contribution in [2.45, 2.75) is 13.8 Å². The van der Waals surface area contributed by atoms with Gasteiger partial charge in [-0.3, -0.25) is 4.79 Å². The molecular formula is C15H17ClN4O. The van der Waals surface area contributed by atoms with Gasteiger partial charge in [-0.25, -0.2) is 9.97 Å². The first-order valence-corrected chi connectivity index (χ1v) is 7.06. The van der Waals surface area contributed by atoms with Crippen molar-refractivity contribution in [3.8, 4) is 0 Å². The molecule has 1 aromatic heterocycles. The van der Waals surface area contributed by atoms with E-state index in [0.29, 0.717) is 29.0 Å². The van der Waals surface area contributed by atoms with Gasteiger partial charge in [0.15, 0.2) is 0 Å². The highest BCUT2D eigenvalue weighted by Gasteiger charge is 2.08. The molecule has 1 amide bonds. The lowest BCUT2D eigenvalue weighted by atomic mass is 10.2. The van der Waals surface area contributed by atoms with Gasteiger partial charge in [-0.15, -0.1) is 0 Å². The number of halogens is 1. The number of amides is 1. The predicted molar refractivity (Wildman–Crippen MR) is 83.9 cm³/mol. The molecule has 0 aliphatic rings. The van der Waals surface area contributed by atoms with Crippen LogP contribution in [0.1, 0.15) is 24.3 Å². The lowest BCUT2D eigenvalue weighted by molar-refractivity contribution is 0.0943. The summed E-state index contributed by atoms with van der Waals surface area (Å²) in [5, 5.41) is 6.44. The van der Waals surface area contributed by atoms with Crippen LogP contribution >= 0.6 is 11.6 Å². The summed E-state index contributed by atoms with van der Waals surface area (Å²) in [5.41, 5.74) is 1.03. The van der Waals surface area contributed by atoms with E-state index < -0.39 is 0 Å². The Labute approximate surface area is 128 Å². The standard InChI is InChI=1S/C15H17ClN4O/c1-10(2)7-19-15(21)13-8-18-14(9-17-13)20-12-6-4-3-5-11(12)16/h3-6,8-10H,7H2,1-2H3,(H,18,20)(H,19,21). The Kier molecular flexibility index (Phi) is 5.11. The smallest absolute Gasteiger partial charge is 0.271 e. The maximum absolute atomic E-state index is 11.8. The normalized spacial score (nSPS) is 10.5. The van der Waals surface area contributed by atoms with Gasteiger partial charge in [0, 0.05) is 6.54 Å². The summed E-state index contributed by atoms with van der Waals surface area (Å²) in [6.45, 7) is 4.67. The molecule has 0 saturated carbocycles. The number of nitrogens with zero attached hydrogens (tertiary/aromatic N) is 2. The molecule has 0 spiro atoms. The van der Waals surface area contributed by atoms with Crippen molar-refractivity contribution in [2.75, 3.05) is 11.9 Å². The van der Waals surface area contributed by atoms with Crippen LogP contribution in [0.3, 0.4) is 0 Å². The maximum atomic E-state index is 11.8. The molecule has 0 aliphatic carbocycles. The molecular weight excluding hydrogens is 288 g/mol. The topological polar surface area (TPSA) is 66.9 Å². The fourth-order valence-electron chi connectivity index (χ4n) is 1.60. The number of aromatic nitrogens is 2. The van der Waals surface area contributed by atoms with E-state index in [1.807, 2.05) is 32.0 Å². The number of rotatable bonds is 5. The second-order valence-corrected chi connectivity index (χ2v) is 5.40. The van der Waals surface area contributed by atoms with Crippen LogP contribution < -0.4 is 10.6 Å². The minimum Gasteiger partial charge on any atom is -0.350 e. The molecule has 0 bridgehead atoms. The predicted octanol–water partition coefficient (Wildman–Crippen LogP) is 3.26. The number of carbonyl (C=O) groups excluding carboxylic acids is 1. The first-order chi connectivity index (χ1) is 10.1. The zero-order valence-corrected chi connectivity index (χ0v) is 12.7. The molecule has 0 unspecified atom stereocenters. The van der Waals surface area contributed by atoms with E-state index in [4.69, 9.17) is 11.6 Å². The van der Waals surface area contributed by atoms with Gasteiger partial charge in [-0.2, -0.15) is 0 Å². The molecule has 2 aromatic rings. The van der Waals surface area contributed by atoms with Gasteiger partial charge >= 0.3 is 0 Å². The lowest BCUT2D eigenvalue weighted by Gasteiger charge is -2.09. The van der Waals surface area contributed by atoms with E-state index in [-0.39, 0.29) is 5.91 Å². The van der Waals surface area contributed by atoms with Crippen molar-refractivity contribution in [3.63, 3.8) is 0 Å². The molecule has 0 radical (unpaired) electrons. The van der Waals surface area contributed by atoms with E-state index in [9.17, 15) is 4.79 Å². The van der Waals surface area contributed by atoms with Crippen molar-refractivity contribution in [3.05, 3.63) is 47.4 Å². The van der Waals surface area contributed by atoms with Crippen LogP contribution in [0.2, 0.25) is 5.02 Å². The highest BCUT2D eigenvalue weighted by Crippen LogP contribution is 2.23. The quantitative estimate of drug-likeness (QED) is 0.890. The van der Waals surface area contributed by atoms with Crippen LogP contribution in [0.25, 0.3) is 0 Å². The fourth-order valence-corrected chi connectivity index (χ4v) is 1.78. The van der Waals surface area contributed by atoms with E-state index in [1.54, 1.807) is 6.07 Å². The number of hydrogen-bond acceptors (Lipinski definition) is 4. The van der Waals surface area contributed by atoms with Crippen LogP contribution in [0.15, 0.2) is 36.7 Å². The third-order valence-corrected chi connectivity index (χ3v) is 3.02. The molecule has 2 N–H and O–H groups in total. The summed E-state index contributed by atoms with van der Waals surface area (Å²) in [6.07, 6.45) is 2.95. The average molecular weight is 305 g/mol. The highest BCUT2D eigenvalue weighted by atomic mass is 35.5. The summed E-state index contributed by atoms with van der Waals surface area (Å²) in [6, 6.07) is 7.34. The molecule has 0 fully saturated rings. The largest absolute Gasteiger partial charge is 0.350 e. The molecule has 110 valence electrons. The van der Waals surface area contributed by atoms with Gasteiger partial charge in [0.25, 0.3) is 5.91 Å². The van der Waals surface area contributed by atoms with Crippen LogP contribution in [0.4, 0.5) is 11.5 Å². The van der Waals surface area contributed by atoms with Crippen LogP contribution in [0.5, 0.6) is 0 Å². The third-order valence-electron chi connectivity index (χ3n) is 2.69. The molecule has 0 saturated heterocycles. The molecule has 1 aromatic carbocycles. The molecule has 0 atom stereocenters. The Hall–Kier alpha value is -2.14. The number of carbonyl (C=O) groups is 1. The second kappa shape index (κ2) is 7.04. The molecule has 0 aliphatic heterocycles.